The molecule has 10 heteroatoms. The first-order valence-corrected chi connectivity index (χ1v) is 8.74. The van der Waals surface area contributed by atoms with Gasteiger partial charge in [-0.3, -0.25) is 9.20 Å². The Balaban J connectivity index is 1.58. The number of likely N-dealkylation sites (N-methyl/N-ethyl adjacent to an activating group) is 1. The first-order chi connectivity index (χ1) is 13.8. The van der Waals surface area contributed by atoms with Gasteiger partial charge in [0.25, 0.3) is 5.91 Å². The monoisotopic (exact) mass is 406 g/mol. The Bertz CT molecular complexity index is 1070. The molecule has 1 aliphatic heterocycles. The van der Waals surface area contributed by atoms with Gasteiger partial charge in [-0.05, 0) is 24.3 Å². The average molecular weight is 406 g/mol. The van der Waals surface area contributed by atoms with Crippen LogP contribution >= 0.6 is 0 Å². The van der Waals surface area contributed by atoms with Crippen molar-refractivity contribution in [3.05, 3.63) is 60.0 Å². The van der Waals surface area contributed by atoms with Crippen LogP contribution in [-0.4, -0.2) is 46.3 Å². The third-order valence-corrected chi connectivity index (χ3v) is 4.75. The minimum atomic E-state index is -4.59. The van der Waals surface area contributed by atoms with E-state index < -0.39 is 30.0 Å². The zero-order chi connectivity index (χ0) is 20.8. The molecule has 0 spiro atoms. The van der Waals surface area contributed by atoms with Crippen LogP contribution in [0.4, 0.5) is 18.9 Å². The van der Waals surface area contributed by atoms with Gasteiger partial charge < -0.3 is 20.1 Å². The van der Waals surface area contributed by atoms with Gasteiger partial charge in [0.2, 0.25) is 0 Å². The van der Waals surface area contributed by atoms with Crippen molar-refractivity contribution in [3.8, 4) is 5.75 Å². The van der Waals surface area contributed by atoms with E-state index in [4.69, 9.17) is 4.74 Å². The number of pyridine rings is 1. The fraction of sp³-hybridized carbons (Fsp3) is 0.263. The van der Waals surface area contributed by atoms with Crippen molar-refractivity contribution in [3.63, 3.8) is 0 Å². The summed E-state index contributed by atoms with van der Waals surface area (Å²) in [5, 5.41) is 13.2. The molecule has 29 heavy (non-hydrogen) atoms. The van der Waals surface area contributed by atoms with Crippen LogP contribution in [0.25, 0.3) is 5.65 Å². The number of aliphatic hydroxyl groups excluding tert-OH is 1. The molecule has 0 fully saturated rings. The number of nitrogens with zero attached hydrogens (tertiary/aromatic N) is 3. The molecule has 1 unspecified atom stereocenters. The summed E-state index contributed by atoms with van der Waals surface area (Å²) in [6.07, 6.45) is -4.67. The number of halogens is 3. The lowest BCUT2D eigenvalue weighted by Gasteiger charge is -2.28. The Labute approximate surface area is 163 Å². The minimum Gasteiger partial charge on any atom is -0.489 e. The first-order valence-electron chi connectivity index (χ1n) is 8.74. The number of aliphatic hydroxyl groups is 1. The molecule has 0 radical (unpaired) electrons. The number of fused-ring (bicyclic) bond motifs is 2. The molecular formula is C19H17F3N4O3. The highest BCUT2D eigenvalue weighted by atomic mass is 19.4. The van der Waals surface area contributed by atoms with Crippen LogP contribution in [0.3, 0.4) is 0 Å². The Hall–Kier alpha value is -3.27. The number of alkyl halides is 3. The minimum absolute atomic E-state index is 0.00726. The molecule has 0 aliphatic carbocycles. The molecule has 2 N–H and O–H groups in total. The number of benzene rings is 1. The predicted octanol–water partition coefficient (Wildman–Crippen LogP) is 2.30. The van der Waals surface area contributed by atoms with E-state index >= 15 is 0 Å². The van der Waals surface area contributed by atoms with Crippen LogP contribution in [0.15, 0.2) is 48.7 Å². The summed E-state index contributed by atoms with van der Waals surface area (Å²) in [5.41, 5.74) is -0.487. The number of ether oxygens (including phenoxy) is 1. The normalized spacial score (nSPS) is 19.4. The van der Waals surface area contributed by atoms with Gasteiger partial charge in [-0.2, -0.15) is 13.2 Å². The topological polar surface area (TPSA) is 79.1 Å². The van der Waals surface area contributed by atoms with Gasteiger partial charge in [0, 0.05) is 13.2 Å². The summed E-state index contributed by atoms with van der Waals surface area (Å²) >= 11 is 0. The standard InChI is InChI=1S/C19H17F3N4O3/c1-25-13-5-2-3-6-14(13)29-10-12(18(25)28)24-17(27)11-9-26-15(19(20,21)22)7-4-8-16(26)23-11/h2-9,12,18,28H,10H2,1H3,(H,24,27)/t12-,18?/m0/s1. The van der Waals surface area contributed by atoms with Gasteiger partial charge in [-0.1, -0.05) is 18.2 Å². The molecule has 1 aliphatic rings. The maximum Gasteiger partial charge on any atom is 0.431 e. The molecule has 1 aromatic carbocycles. The smallest absolute Gasteiger partial charge is 0.431 e. The summed E-state index contributed by atoms with van der Waals surface area (Å²) < 4.78 is 46.0. The van der Waals surface area contributed by atoms with Gasteiger partial charge in [0.15, 0.2) is 6.23 Å². The number of carbonyl (C=O) groups excluding carboxylic acids is 1. The van der Waals surface area contributed by atoms with E-state index in [2.05, 4.69) is 10.3 Å². The molecule has 3 aromatic rings. The van der Waals surface area contributed by atoms with Gasteiger partial charge in [0.1, 0.15) is 35.4 Å². The third-order valence-electron chi connectivity index (χ3n) is 4.75. The van der Waals surface area contributed by atoms with Crippen LogP contribution in [0.5, 0.6) is 5.75 Å². The Morgan fingerprint density at radius 2 is 2.00 bits per heavy atom. The van der Waals surface area contributed by atoms with Crippen LogP contribution in [-0.2, 0) is 6.18 Å². The average Bonchev–Trinajstić information content (AvgIpc) is 3.09. The number of amides is 1. The van der Waals surface area contributed by atoms with E-state index in [1.165, 1.54) is 12.1 Å². The quantitative estimate of drug-likeness (QED) is 0.683. The second-order valence-corrected chi connectivity index (χ2v) is 6.65. The number of aromatic nitrogens is 2. The van der Waals surface area contributed by atoms with Gasteiger partial charge >= 0.3 is 6.18 Å². The molecule has 3 heterocycles. The number of hydrogen-bond donors (Lipinski definition) is 2. The van der Waals surface area contributed by atoms with Crippen molar-refractivity contribution in [1.82, 2.24) is 14.7 Å². The van der Waals surface area contributed by atoms with E-state index in [-0.39, 0.29) is 17.9 Å². The highest BCUT2D eigenvalue weighted by Gasteiger charge is 2.34. The summed E-state index contributed by atoms with van der Waals surface area (Å²) in [5.74, 6) is -0.165. The number of rotatable bonds is 2. The molecule has 2 aromatic heterocycles. The molecule has 7 nitrogen and oxygen atoms in total. The fourth-order valence-electron chi connectivity index (χ4n) is 3.26. The number of hydrogen-bond acceptors (Lipinski definition) is 5. The van der Waals surface area contributed by atoms with Crippen LogP contribution < -0.4 is 15.0 Å². The fourth-order valence-corrected chi connectivity index (χ4v) is 3.26. The summed E-state index contributed by atoms with van der Waals surface area (Å²) in [6.45, 7) is -0.0184. The number of carbonyl (C=O) groups is 1. The predicted molar refractivity (Wildman–Crippen MR) is 97.8 cm³/mol. The lowest BCUT2D eigenvalue weighted by molar-refractivity contribution is -0.142. The van der Waals surface area contributed by atoms with E-state index in [0.29, 0.717) is 11.4 Å². The van der Waals surface area contributed by atoms with Crippen LogP contribution in [0, 0.1) is 0 Å². The molecule has 2 atom stereocenters. The highest BCUT2D eigenvalue weighted by Crippen LogP contribution is 2.32. The second-order valence-electron chi connectivity index (χ2n) is 6.65. The van der Waals surface area contributed by atoms with Gasteiger partial charge in [-0.15, -0.1) is 0 Å². The molecule has 0 bridgehead atoms. The lowest BCUT2D eigenvalue weighted by atomic mass is 10.2. The zero-order valence-electron chi connectivity index (χ0n) is 15.2. The van der Waals surface area contributed by atoms with Crippen molar-refractivity contribution in [1.29, 1.82) is 0 Å². The van der Waals surface area contributed by atoms with Gasteiger partial charge in [-0.25, -0.2) is 4.98 Å². The Morgan fingerprint density at radius 3 is 2.76 bits per heavy atom. The molecule has 152 valence electrons. The van der Waals surface area contributed by atoms with E-state index in [1.54, 1.807) is 36.2 Å². The number of nitrogens with one attached hydrogen (secondary N) is 1. The van der Waals surface area contributed by atoms with Crippen molar-refractivity contribution < 1.29 is 27.8 Å². The zero-order valence-corrected chi connectivity index (χ0v) is 15.2. The Kier molecular flexibility index (Phi) is 4.58. The van der Waals surface area contributed by atoms with Crippen molar-refractivity contribution in [2.24, 2.45) is 0 Å². The molecule has 0 saturated heterocycles. The number of imidazole rings is 1. The van der Waals surface area contributed by atoms with Crippen LogP contribution in [0.2, 0.25) is 0 Å². The maximum absolute atomic E-state index is 13.2. The third kappa shape index (κ3) is 3.46. The highest BCUT2D eigenvalue weighted by molar-refractivity contribution is 5.93. The molecule has 1 amide bonds. The van der Waals surface area contributed by atoms with Crippen molar-refractivity contribution in [2.75, 3.05) is 18.6 Å². The van der Waals surface area contributed by atoms with Crippen molar-refractivity contribution in [2.45, 2.75) is 18.4 Å². The number of anilines is 1. The lowest BCUT2D eigenvalue weighted by Crippen LogP contribution is -2.52. The van der Waals surface area contributed by atoms with Crippen LogP contribution in [0.1, 0.15) is 16.2 Å². The molecule has 4 rings (SSSR count). The largest absolute Gasteiger partial charge is 0.489 e. The van der Waals surface area contributed by atoms with Gasteiger partial charge in [0.05, 0.1) is 5.69 Å². The van der Waals surface area contributed by atoms with E-state index in [0.717, 1.165) is 16.7 Å². The number of para-hydroxylation sites is 2. The van der Waals surface area contributed by atoms with E-state index in [1.807, 2.05) is 0 Å². The SMILES string of the molecule is CN1c2ccccc2OC[C@H](NC(=O)c2cn3c(C(F)(F)F)cccc3n2)C1O. The van der Waals surface area contributed by atoms with Crippen molar-refractivity contribution >= 4 is 17.2 Å². The molecular weight excluding hydrogens is 389 g/mol. The first kappa shape index (κ1) is 19.1. The summed E-state index contributed by atoms with van der Waals surface area (Å²) in [4.78, 5) is 18.2. The molecule has 0 saturated carbocycles. The summed E-state index contributed by atoms with van der Waals surface area (Å²) in [6, 6.07) is 9.76. The maximum atomic E-state index is 13.2. The van der Waals surface area contributed by atoms with E-state index in [9.17, 15) is 23.1 Å². The Morgan fingerprint density at radius 1 is 1.24 bits per heavy atom. The summed E-state index contributed by atoms with van der Waals surface area (Å²) in [7, 11) is 1.65. The second kappa shape index (κ2) is 6.96.